The fourth-order valence-electron chi connectivity index (χ4n) is 0.639. The highest BCUT2D eigenvalue weighted by molar-refractivity contribution is 6.23. The van der Waals surface area contributed by atoms with Gasteiger partial charge in [-0.2, -0.15) is 8.78 Å². The van der Waals surface area contributed by atoms with E-state index in [1.165, 1.54) is 13.4 Å². The highest BCUT2D eigenvalue weighted by Crippen LogP contribution is 2.28. The van der Waals surface area contributed by atoms with Crippen LogP contribution in [0.4, 0.5) is 8.78 Å². The van der Waals surface area contributed by atoms with Gasteiger partial charge in [0.25, 0.3) is 0 Å². The van der Waals surface area contributed by atoms with Crippen LogP contribution in [-0.2, 0) is 0 Å². The lowest BCUT2D eigenvalue weighted by Gasteiger charge is -2.14. The molecule has 5 heteroatoms. The van der Waals surface area contributed by atoms with Crippen LogP contribution >= 0.6 is 11.6 Å². The lowest BCUT2D eigenvalue weighted by atomic mass is 10.0. The molecule has 0 bridgehead atoms. The van der Waals surface area contributed by atoms with Gasteiger partial charge in [0.15, 0.2) is 0 Å². The third-order valence-corrected chi connectivity index (χ3v) is 1.31. The number of hydrogen-bond donors (Lipinski definition) is 1. The smallest absolute Gasteiger partial charge is 0.344 e. The minimum atomic E-state index is -3.36. The van der Waals surface area contributed by atoms with Gasteiger partial charge in [-0.3, -0.25) is 4.99 Å². The van der Waals surface area contributed by atoms with Gasteiger partial charge in [-0.25, -0.2) is 0 Å². The second kappa shape index (κ2) is 7.64. The second-order valence-electron chi connectivity index (χ2n) is 5.40. The molecule has 1 N–H and O–H groups in total. The first-order chi connectivity index (χ1) is 7.39. The molecule has 0 heterocycles. The quantitative estimate of drug-likeness (QED) is 0.458. The van der Waals surface area contributed by atoms with Crippen molar-refractivity contribution in [2.45, 2.75) is 46.9 Å². The molecule has 102 valence electrons. The number of aliphatic imine (C=N–C) groups is 1. The Hall–Kier alpha value is -0.640. The van der Waals surface area contributed by atoms with Crippen LogP contribution in [0, 0.1) is 5.41 Å². The van der Waals surface area contributed by atoms with Crippen LogP contribution in [0.1, 0.15) is 41.5 Å². The summed E-state index contributed by atoms with van der Waals surface area (Å²) in [6, 6.07) is 0. The molecule has 0 saturated carbocycles. The van der Waals surface area contributed by atoms with E-state index >= 15 is 0 Å². The van der Waals surface area contributed by atoms with Crippen LogP contribution in [0.3, 0.4) is 0 Å². The van der Waals surface area contributed by atoms with E-state index < -0.39 is 5.38 Å². The molecule has 0 saturated heterocycles. The average molecular weight is 269 g/mol. The summed E-state index contributed by atoms with van der Waals surface area (Å²) in [5, 5.41) is -1.05. The van der Waals surface area contributed by atoms with Crippen LogP contribution in [0.5, 0.6) is 0 Å². The Bertz CT molecular complexity index is 263. The molecule has 0 aromatic carbocycles. The number of rotatable bonds is 3. The molecule has 0 fully saturated rings. The molecule has 0 radical (unpaired) electrons. The number of alkyl halides is 3. The van der Waals surface area contributed by atoms with Gasteiger partial charge in [-0.05, 0) is 36.4 Å². The Morgan fingerprint density at radius 2 is 1.53 bits per heavy atom. The third-order valence-electron chi connectivity index (χ3n) is 1.12. The Kier molecular flexibility index (Phi) is 8.41. The highest BCUT2D eigenvalue weighted by Gasteiger charge is 2.31. The maximum atomic E-state index is 12.5. The maximum Gasteiger partial charge on any atom is 0.362 e. The van der Waals surface area contributed by atoms with E-state index in [1.54, 1.807) is 13.8 Å². The van der Waals surface area contributed by atoms with Crippen molar-refractivity contribution in [1.29, 1.82) is 0 Å². The van der Waals surface area contributed by atoms with Gasteiger partial charge >= 0.3 is 5.38 Å². The second-order valence-corrected chi connectivity index (χ2v) is 5.88. The molecule has 0 aliphatic rings. The van der Waals surface area contributed by atoms with Crippen molar-refractivity contribution in [3.63, 3.8) is 0 Å². The van der Waals surface area contributed by atoms with Gasteiger partial charge in [0.1, 0.15) is 5.70 Å². The highest BCUT2D eigenvalue weighted by atomic mass is 35.5. The zero-order chi connectivity index (χ0) is 14.3. The zero-order valence-corrected chi connectivity index (χ0v) is 12.4. The number of allylic oxidation sites excluding steroid dienone is 2. The first-order valence-electron chi connectivity index (χ1n) is 5.31. The summed E-state index contributed by atoms with van der Waals surface area (Å²) in [5.74, 6) is 0. The largest absolute Gasteiger partial charge is 0.362 e. The van der Waals surface area contributed by atoms with Gasteiger partial charge in [-0.1, -0.05) is 27.7 Å². The fourth-order valence-corrected chi connectivity index (χ4v) is 0.882. The zero-order valence-electron chi connectivity index (χ0n) is 11.7. The third kappa shape index (κ3) is 15.4. The van der Waals surface area contributed by atoms with E-state index in [0.717, 1.165) is 0 Å². The van der Waals surface area contributed by atoms with Crippen molar-refractivity contribution >= 4 is 17.9 Å². The summed E-state index contributed by atoms with van der Waals surface area (Å²) in [7, 11) is 1.47. The van der Waals surface area contributed by atoms with Gasteiger partial charge in [-0.15, -0.1) is 0 Å². The summed E-state index contributed by atoms with van der Waals surface area (Å²) < 4.78 is 25.1. The van der Waals surface area contributed by atoms with Crippen molar-refractivity contribution in [3.05, 3.63) is 11.3 Å². The summed E-state index contributed by atoms with van der Waals surface area (Å²) in [4.78, 5) is 3.51. The normalized spacial score (nSPS) is 11.9. The minimum absolute atomic E-state index is 0.324. The summed E-state index contributed by atoms with van der Waals surface area (Å²) in [5.41, 5.74) is 0.602. The van der Waals surface area contributed by atoms with Gasteiger partial charge in [0.05, 0.1) is 6.34 Å². The van der Waals surface area contributed by atoms with Crippen LogP contribution in [0.15, 0.2) is 16.3 Å². The lowest BCUT2D eigenvalue weighted by Crippen LogP contribution is -2.25. The first-order valence-corrected chi connectivity index (χ1v) is 5.69. The van der Waals surface area contributed by atoms with Gasteiger partial charge < -0.3 is 5.32 Å². The molecule has 0 rings (SSSR count). The standard InChI is InChI=1S/C7H11ClF2N2.C5H12/c1-5(2)6(7(8,9)10)12-4-11-3;1-5(2,3)4/h4H,1-3H3,(H,11,12);1-4H3. The number of halogens is 3. The molecular weight excluding hydrogens is 246 g/mol. The fraction of sp³-hybridized carbons (Fsp3) is 0.750. The van der Waals surface area contributed by atoms with Crippen molar-refractivity contribution in [2.24, 2.45) is 10.4 Å². The lowest BCUT2D eigenvalue weighted by molar-refractivity contribution is 0.132. The molecule has 0 aliphatic heterocycles. The molecule has 0 amide bonds. The van der Waals surface area contributed by atoms with Crippen molar-refractivity contribution < 1.29 is 8.78 Å². The predicted octanol–water partition coefficient (Wildman–Crippen LogP) is 4.41. The van der Waals surface area contributed by atoms with E-state index in [1.807, 2.05) is 0 Å². The summed E-state index contributed by atoms with van der Waals surface area (Å²) >= 11 is 4.81. The Morgan fingerprint density at radius 1 is 1.18 bits per heavy atom. The van der Waals surface area contributed by atoms with E-state index in [9.17, 15) is 8.78 Å². The molecule has 0 aromatic rings. The summed E-state index contributed by atoms with van der Waals surface area (Å²) in [6.07, 6.45) is 1.17. The number of nitrogens with one attached hydrogen (secondary N) is 1. The monoisotopic (exact) mass is 268 g/mol. The Balaban J connectivity index is 0. The van der Waals surface area contributed by atoms with Crippen LogP contribution in [0.25, 0.3) is 0 Å². The van der Waals surface area contributed by atoms with Crippen LogP contribution in [-0.4, -0.2) is 18.8 Å². The van der Waals surface area contributed by atoms with Crippen molar-refractivity contribution in [3.8, 4) is 0 Å². The van der Waals surface area contributed by atoms with Gasteiger partial charge in [0.2, 0.25) is 0 Å². The molecule has 2 nitrogen and oxygen atoms in total. The molecule has 17 heavy (non-hydrogen) atoms. The number of hydrogen-bond acceptors (Lipinski definition) is 1. The average Bonchev–Trinajstić information content (AvgIpc) is 1.98. The molecule has 0 aliphatic carbocycles. The SMILES string of the molecule is CC(C)(C)C.CN=CNC(=C(C)C)C(F)(F)Cl. The first kappa shape index (κ1) is 18.7. The van der Waals surface area contributed by atoms with Gasteiger partial charge in [0, 0.05) is 7.05 Å². The van der Waals surface area contributed by atoms with Crippen molar-refractivity contribution in [2.75, 3.05) is 7.05 Å². The Labute approximate surface area is 108 Å². The predicted molar refractivity (Wildman–Crippen MR) is 71.9 cm³/mol. The molecular formula is C12H23ClF2N2. The number of nitrogens with zero attached hydrogens (tertiary/aromatic N) is 1. The van der Waals surface area contributed by atoms with E-state index in [4.69, 9.17) is 11.6 Å². The van der Waals surface area contributed by atoms with E-state index in [-0.39, 0.29) is 5.70 Å². The van der Waals surface area contributed by atoms with Crippen molar-refractivity contribution in [1.82, 2.24) is 5.32 Å². The van der Waals surface area contributed by atoms with E-state index in [0.29, 0.717) is 11.0 Å². The minimum Gasteiger partial charge on any atom is -0.344 e. The molecule has 0 unspecified atom stereocenters. The van der Waals surface area contributed by atoms with Crippen LogP contribution < -0.4 is 5.32 Å². The Morgan fingerprint density at radius 3 is 1.71 bits per heavy atom. The topological polar surface area (TPSA) is 24.4 Å². The van der Waals surface area contributed by atoms with E-state index in [2.05, 4.69) is 38.0 Å². The molecule has 0 aromatic heterocycles. The molecule has 0 spiro atoms. The summed E-state index contributed by atoms with van der Waals surface area (Å²) in [6.45, 7) is 11.8. The van der Waals surface area contributed by atoms with Crippen LogP contribution in [0.2, 0.25) is 0 Å². The molecule has 0 atom stereocenters. The maximum absolute atomic E-state index is 12.5.